The van der Waals surface area contributed by atoms with Crippen LogP contribution in [0.2, 0.25) is 5.02 Å². The highest BCUT2D eigenvalue weighted by Crippen LogP contribution is 2.25. The molecule has 1 fully saturated rings. The Bertz CT molecular complexity index is 550. The Morgan fingerprint density at radius 3 is 2.62 bits per heavy atom. The van der Waals surface area contributed by atoms with Gasteiger partial charge in [-0.15, -0.1) is 0 Å². The van der Waals surface area contributed by atoms with E-state index in [1.165, 1.54) is 12.8 Å². The fourth-order valence-electron chi connectivity index (χ4n) is 3.00. The lowest BCUT2D eigenvalue weighted by molar-refractivity contribution is -0.133. The van der Waals surface area contributed by atoms with E-state index >= 15 is 0 Å². The Morgan fingerprint density at radius 2 is 1.95 bits per heavy atom. The van der Waals surface area contributed by atoms with E-state index in [2.05, 4.69) is 10.5 Å². The van der Waals surface area contributed by atoms with Crippen LogP contribution in [0.5, 0.6) is 0 Å². The molecule has 2 aliphatic rings. The van der Waals surface area contributed by atoms with Gasteiger partial charge in [0.15, 0.2) is 0 Å². The van der Waals surface area contributed by atoms with Gasteiger partial charge in [0.25, 0.3) is 5.91 Å². The third-order valence-corrected chi connectivity index (χ3v) is 4.50. The van der Waals surface area contributed by atoms with Crippen LogP contribution in [0, 0.1) is 5.92 Å². The number of oxime groups is 1. The summed E-state index contributed by atoms with van der Waals surface area (Å²) in [6, 6.07) is 7.74. The van der Waals surface area contributed by atoms with Crippen molar-refractivity contribution >= 4 is 23.2 Å². The molecule has 5 heteroatoms. The summed E-state index contributed by atoms with van der Waals surface area (Å²) in [5.74, 6) is -0.116. The summed E-state index contributed by atoms with van der Waals surface area (Å²) in [4.78, 5) is 17.7. The summed E-state index contributed by atoms with van der Waals surface area (Å²) in [7, 11) is 0. The maximum absolute atomic E-state index is 12.3. The number of amides is 1. The molecule has 0 radical (unpaired) electrons. The summed E-state index contributed by atoms with van der Waals surface area (Å²) in [5, 5.41) is 7.86. The minimum atomic E-state index is -0.531. The van der Waals surface area contributed by atoms with E-state index in [4.69, 9.17) is 16.4 Å². The van der Waals surface area contributed by atoms with E-state index in [0.29, 0.717) is 11.1 Å². The topological polar surface area (TPSA) is 50.7 Å². The van der Waals surface area contributed by atoms with Crippen molar-refractivity contribution in [2.24, 2.45) is 11.1 Å². The first-order chi connectivity index (χ1) is 10.1. The first-order valence-electron chi connectivity index (χ1n) is 7.45. The fraction of sp³-hybridized carbons (Fsp3) is 0.500. The molecule has 1 aliphatic heterocycles. The predicted octanol–water partition coefficient (Wildman–Crippen LogP) is 3.14. The normalized spacial score (nSPS) is 25.5. The zero-order valence-corrected chi connectivity index (χ0v) is 12.8. The molecule has 0 aromatic heterocycles. The molecule has 3 rings (SSSR count). The molecule has 1 saturated carbocycles. The summed E-state index contributed by atoms with van der Waals surface area (Å²) in [5.41, 5.74) is 1.75. The van der Waals surface area contributed by atoms with E-state index in [1.54, 1.807) is 0 Å². The molecule has 1 aromatic carbocycles. The predicted molar refractivity (Wildman–Crippen MR) is 82.4 cm³/mol. The lowest BCUT2D eigenvalue weighted by Gasteiger charge is -2.18. The number of carbonyl (C=O) groups excluding carboxylic acids is 1. The molecule has 1 aliphatic carbocycles. The van der Waals surface area contributed by atoms with Crippen molar-refractivity contribution in [2.45, 2.75) is 44.8 Å². The van der Waals surface area contributed by atoms with Crippen LogP contribution in [0.15, 0.2) is 29.4 Å². The molecule has 1 N–H and O–H groups in total. The van der Waals surface area contributed by atoms with Crippen LogP contribution >= 0.6 is 11.6 Å². The second-order valence-corrected chi connectivity index (χ2v) is 6.22. The van der Waals surface area contributed by atoms with Crippen molar-refractivity contribution < 1.29 is 9.63 Å². The minimum absolute atomic E-state index is 0.0536. The Balaban J connectivity index is 1.65. The van der Waals surface area contributed by atoms with Crippen LogP contribution in [0.1, 0.15) is 38.2 Å². The Labute approximate surface area is 129 Å². The molecule has 0 saturated heterocycles. The molecule has 2 atom stereocenters. The molecule has 0 unspecified atom stereocenters. The fourth-order valence-corrected chi connectivity index (χ4v) is 3.12. The van der Waals surface area contributed by atoms with E-state index in [9.17, 15) is 4.79 Å². The molecule has 0 bridgehead atoms. The van der Waals surface area contributed by atoms with Gasteiger partial charge in [-0.25, -0.2) is 0 Å². The maximum Gasteiger partial charge on any atom is 0.264 e. The van der Waals surface area contributed by atoms with Crippen LogP contribution in [-0.2, 0) is 9.63 Å². The van der Waals surface area contributed by atoms with Gasteiger partial charge < -0.3 is 10.2 Å². The van der Waals surface area contributed by atoms with Gasteiger partial charge in [0.2, 0.25) is 6.10 Å². The molecule has 1 amide bonds. The van der Waals surface area contributed by atoms with Crippen LogP contribution in [0.25, 0.3) is 0 Å². The van der Waals surface area contributed by atoms with Gasteiger partial charge in [0, 0.05) is 11.1 Å². The zero-order valence-electron chi connectivity index (χ0n) is 12.0. The standard InChI is InChI=1S/C16H19ClN2O2/c1-10-14(11-6-8-12(17)9-7-11)19-21-15(10)16(20)18-13-4-2-3-5-13/h6-10,13,15H,2-5H2,1H3,(H,18,20)/t10-,15-/m0/s1. The van der Waals surface area contributed by atoms with Crippen molar-refractivity contribution in [2.75, 3.05) is 0 Å². The van der Waals surface area contributed by atoms with Crippen LogP contribution < -0.4 is 5.32 Å². The van der Waals surface area contributed by atoms with E-state index < -0.39 is 6.10 Å². The van der Waals surface area contributed by atoms with Crippen LogP contribution in [0.3, 0.4) is 0 Å². The largest absolute Gasteiger partial charge is 0.381 e. The average Bonchev–Trinajstić information content (AvgIpc) is 3.09. The molecular weight excluding hydrogens is 288 g/mol. The van der Waals surface area contributed by atoms with Gasteiger partial charge in [-0.1, -0.05) is 48.7 Å². The number of rotatable bonds is 3. The Morgan fingerprint density at radius 1 is 1.29 bits per heavy atom. The first-order valence-corrected chi connectivity index (χ1v) is 7.83. The molecule has 1 aromatic rings. The van der Waals surface area contributed by atoms with E-state index in [0.717, 1.165) is 24.1 Å². The number of nitrogens with one attached hydrogen (secondary N) is 1. The molecule has 21 heavy (non-hydrogen) atoms. The summed E-state index contributed by atoms with van der Waals surface area (Å²) < 4.78 is 0. The van der Waals surface area contributed by atoms with Crippen molar-refractivity contribution in [1.82, 2.24) is 5.32 Å². The maximum atomic E-state index is 12.3. The summed E-state index contributed by atoms with van der Waals surface area (Å²) in [6.45, 7) is 1.97. The highest BCUT2D eigenvalue weighted by atomic mass is 35.5. The third kappa shape index (κ3) is 3.05. The van der Waals surface area contributed by atoms with Gasteiger partial charge in [-0.05, 0) is 30.5 Å². The van der Waals surface area contributed by atoms with Crippen molar-refractivity contribution in [3.05, 3.63) is 34.9 Å². The second-order valence-electron chi connectivity index (χ2n) is 5.79. The lowest BCUT2D eigenvalue weighted by Crippen LogP contribution is -2.43. The van der Waals surface area contributed by atoms with Crippen molar-refractivity contribution in [3.63, 3.8) is 0 Å². The molecule has 0 spiro atoms. The Kier molecular flexibility index (Phi) is 4.15. The lowest BCUT2D eigenvalue weighted by atomic mass is 9.93. The van der Waals surface area contributed by atoms with Crippen LogP contribution in [-0.4, -0.2) is 23.8 Å². The summed E-state index contributed by atoms with van der Waals surface area (Å²) in [6.07, 6.45) is 3.99. The van der Waals surface area contributed by atoms with Crippen molar-refractivity contribution in [1.29, 1.82) is 0 Å². The average molecular weight is 307 g/mol. The van der Waals surface area contributed by atoms with Crippen molar-refractivity contribution in [3.8, 4) is 0 Å². The number of benzene rings is 1. The van der Waals surface area contributed by atoms with Gasteiger partial charge in [0.1, 0.15) is 0 Å². The molecule has 112 valence electrons. The smallest absolute Gasteiger partial charge is 0.264 e. The highest BCUT2D eigenvalue weighted by molar-refractivity contribution is 6.30. The zero-order chi connectivity index (χ0) is 14.8. The Hall–Kier alpha value is -1.55. The first kappa shape index (κ1) is 14.4. The van der Waals surface area contributed by atoms with Gasteiger partial charge in [-0.2, -0.15) is 0 Å². The number of carbonyl (C=O) groups is 1. The quantitative estimate of drug-likeness (QED) is 0.932. The highest BCUT2D eigenvalue weighted by Gasteiger charge is 2.37. The van der Waals surface area contributed by atoms with E-state index in [1.807, 2.05) is 31.2 Å². The SMILES string of the molecule is C[C@H]1C(c2ccc(Cl)cc2)=NO[C@@H]1C(=O)NC1CCCC1. The van der Waals surface area contributed by atoms with Gasteiger partial charge in [0.05, 0.1) is 11.6 Å². The molecule has 1 heterocycles. The second kappa shape index (κ2) is 6.06. The number of nitrogens with zero attached hydrogens (tertiary/aromatic N) is 1. The molecular formula is C16H19ClN2O2. The number of hydrogen-bond acceptors (Lipinski definition) is 3. The van der Waals surface area contributed by atoms with Gasteiger partial charge in [-0.3, -0.25) is 4.79 Å². The third-order valence-electron chi connectivity index (χ3n) is 4.25. The minimum Gasteiger partial charge on any atom is -0.381 e. The van der Waals surface area contributed by atoms with Gasteiger partial charge >= 0.3 is 0 Å². The molecule has 4 nitrogen and oxygen atoms in total. The van der Waals surface area contributed by atoms with E-state index in [-0.39, 0.29) is 11.8 Å². The van der Waals surface area contributed by atoms with Crippen LogP contribution in [0.4, 0.5) is 0 Å². The monoisotopic (exact) mass is 306 g/mol. The number of halogens is 1. The number of hydrogen-bond donors (Lipinski definition) is 1. The summed E-state index contributed by atoms with van der Waals surface area (Å²) >= 11 is 5.89.